The molecule has 2 heterocycles. The maximum atomic E-state index is 12.5. The predicted octanol–water partition coefficient (Wildman–Crippen LogP) is 3.63. The van der Waals surface area contributed by atoms with Crippen molar-refractivity contribution >= 4 is 17.2 Å². The van der Waals surface area contributed by atoms with E-state index in [1.54, 1.807) is 7.11 Å². The number of benzene rings is 1. The highest BCUT2D eigenvalue weighted by Crippen LogP contribution is 2.31. The summed E-state index contributed by atoms with van der Waals surface area (Å²) in [5, 5.41) is 5.09. The van der Waals surface area contributed by atoms with Crippen LogP contribution in [0.3, 0.4) is 0 Å². The van der Waals surface area contributed by atoms with Crippen LogP contribution in [0, 0.1) is 6.92 Å². The maximum absolute atomic E-state index is 12.5. The second-order valence-electron chi connectivity index (χ2n) is 6.14. The third-order valence-electron chi connectivity index (χ3n) is 4.60. The van der Waals surface area contributed by atoms with Gasteiger partial charge >= 0.3 is 0 Å². The summed E-state index contributed by atoms with van der Waals surface area (Å²) in [5.41, 5.74) is 2.18. The van der Waals surface area contributed by atoms with E-state index in [1.807, 2.05) is 36.6 Å². The summed E-state index contributed by atoms with van der Waals surface area (Å²) in [5.74, 6) is 0.901. The largest absolute Gasteiger partial charge is 0.496 e. The Labute approximate surface area is 147 Å². The van der Waals surface area contributed by atoms with E-state index in [9.17, 15) is 4.79 Å². The van der Waals surface area contributed by atoms with Crippen LogP contribution in [0.1, 0.15) is 39.7 Å². The third-order valence-corrected chi connectivity index (χ3v) is 5.62. The molecular formula is C19H24N2O2S. The van der Waals surface area contributed by atoms with Gasteiger partial charge in [0.15, 0.2) is 0 Å². The van der Waals surface area contributed by atoms with Gasteiger partial charge in [-0.3, -0.25) is 9.69 Å². The molecule has 1 N–H and O–H groups in total. The second kappa shape index (κ2) is 7.81. The van der Waals surface area contributed by atoms with Crippen molar-refractivity contribution in [3.63, 3.8) is 0 Å². The molecule has 0 bridgehead atoms. The van der Waals surface area contributed by atoms with Gasteiger partial charge in [0.1, 0.15) is 5.75 Å². The number of carbonyl (C=O) groups is 1. The van der Waals surface area contributed by atoms with E-state index >= 15 is 0 Å². The van der Waals surface area contributed by atoms with Gasteiger partial charge in [0.05, 0.1) is 18.0 Å². The van der Waals surface area contributed by atoms with Crippen LogP contribution in [-0.2, 0) is 0 Å². The summed E-state index contributed by atoms with van der Waals surface area (Å²) in [4.78, 5) is 15.7. The zero-order chi connectivity index (χ0) is 16.9. The number of aryl methyl sites for hydroxylation is 1. The van der Waals surface area contributed by atoms with Gasteiger partial charge in [0.2, 0.25) is 0 Å². The zero-order valence-electron chi connectivity index (χ0n) is 14.2. The lowest BCUT2D eigenvalue weighted by atomic mass is 10.0. The molecule has 0 aliphatic carbocycles. The first kappa shape index (κ1) is 17.0. The Morgan fingerprint density at radius 3 is 2.71 bits per heavy atom. The smallest absolute Gasteiger partial charge is 0.261 e. The lowest BCUT2D eigenvalue weighted by molar-refractivity contribution is 0.0941. The number of amides is 1. The van der Waals surface area contributed by atoms with Crippen molar-refractivity contribution in [3.05, 3.63) is 51.7 Å². The molecule has 0 spiro atoms. The molecule has 0 radical (unpaired) electrons. The fourth-order valence-corrected chi connectivity index (χ4v) is 4.15. The summed E-state index contributed by atoms with van der Waals surface area (Å²) in [7, 11) is 1.70. The summed E-state index contributed by atoms with van der Waals surface area (Å²) < 4.78 is 5.55. The number of nitrogens with one attached hydrogen (secondary N) is 1. The van der Waals surface area contributed by atoms with Crippen LogP contribution in [0.5, 0.6) is 5.75 Å². The second-order valence-corrected chi connectivity index (χ2v) is 7.06. The lowest BCUT2D eigenvalue weighted by Gasteiger charge is -2.29. The number of hydrogen-bond acceptors (Lipinski definition) is 4. The number of likely N-dealkylation sites (tertiary alicyclic amines) is 1. The quantitative estimate of drug-likeness (QED) is 0.870. The highest BCUT2D eigenvalue weighted by molar-refractivity contribution is 7.12. The van der Waals surface area contributed by atoms with E-state index in [4.69, 9.17) is 4.74 Å². The fraction of sp³-hybridized carbons (Fsp3) is 0.421. The van der Waals surface area contributed by atoms with Gasteiger partial charge in [0, 0.05) is 12.1 Å². The average molecular weight is 344 g/mol. The summed E-state index contributed by atoms with van der Waals surface area (Å²) in [6, 6.07) is 10.2. The van der Waals surface area contributed by atoms with Gasteiger partial charge < -0.3 is 10.1 Å². The average Bonchev–Trinajstić information content (AvgIpc) is 3.27. The number of para-hydroxylation sites is 1. The minimum absolute atomic E-state index is 0.0154. The molecule has 1 aliphatic heterocycles. The molecular weight excluding hydrogens is 320 g/mol. The molecule has 1 aromatic carbocycles. The number of hydrogen-bond donors (Lipinski definition) is 1. The Balaban J connectivity index is 1.78. The Kier molecular flexibility index (Phi) is 5.53. The molecule has 4 nitrogen and oxygen atoms in total. The van der Waals surface area contributed by atoms with Crippen LogP contribution in [0.4, 0.5) is 0 Å². The Morgan fingerprint density at radius 2 is 2.04 bits per heavy atom. The van der Waals surface area contributed by atoms with Gasteiger partial charge in [-0.1, -0.05) is 18.2 Å². The molecule has 3 rings (SSSR count). The lowest BCUT2D eigenvalue weighted by Crippen LogP contribution is -2.37. The first-order chi connectivity index (χ1) is 11.7. The van der Waals surface area contributed by atoms with Crippen molar-refractivity contribution in [2.24, 2.45) is 0 Å². The van der Waals surface area contributed by atoms with Crippen molar-refractivity contribution < 1.29 is 9.53 Å². The number of methoxy groups -OCH3 is 1. The molecule has 2 aromatic rings. The Bertz CT molecular complexity index is 692. The van der Waals surface area contributed by atoms with Gasteiger partial charge in [0.25, 0.3) is 5.91 Å². The number of thiophene rings is 1. The maximum Gasteiger partial charge on any atom is 0.261 e. The third kappa shape index (κ3) is 3.62. The molecule has 1 atom stereocenters. The van der Waals surface area contributed by atoms with Gasteiger partial charge in [-0.05, 0) is 55.9 Å². The predicted molar refractivity (Wildman–Crippen MR) is 97.9 cm³/mol. The van der Waals surface area contributed by atoms with Crippen molar-refractivity contribution in [2.75, 3.05) is 26.7 Å². The topological polar surface area (TPSA) is 41.6 Å². The van der Waals surface area contributed by atoms with Crippen LogP contribution in [-0.4, -0.2) is 37.6 Å². The van der Waals surface area contributed by atoms with Crippen LogP contribution in [0.25, 0.3) is 0 Å². The van der Waals surface area contributed by atoms with Crippen molar-refractivity contribution in [3.8, 4) is 5.75 Å². The fourth-order valence-electron chi connectivity index (χ4n) is 3.31. The number of carbonyl (C=O) groups excluding carboxylic acids is 1. The number of nitrogens with zero attached hydrogens (tertiary/aromatic N) is 1. The minimum atomic E-state index is 0.0154. The Morgan fingerprint density at radius 1 is 1.29 bits per heavy atom. The van der Waals surface area contributed by atoms with E-state index in [1.165, 1.54) is 24.2 Å². The van der Waals surface area contributed by atoms with Crippen LogP contribution in [0.2, 0.25) is 0 Å². The summed E-state index contributed by atoms with van der Waals surface area (Å²) in [6.07, 6.45) is 2.42. The van der Waals surface area contributed by atoms with E-state index in [0.717, 1.165) is 34.8 Å². The molecule has 128 valence electrons. The summed E-state index contributed by atoms with van der Waals surface area (Å²) in [6.45, 7) is 4.70. The van der Waals surface area contributed by atoms with E-state index < -0.39 is 0 Å². The van der Waals surface area contributed by atoms with E-state index in [-0.39, 0.29) is 11.9 Å². The van der Waals surface area contributed by atoms with E-state index in [2.05, 4.69) is 16.3 Å². The van der Waals surface area contributed by atoms with Gasteiger partial charge in [-0.2, -0.15) is 0 Å². The molecule has 24 heavy (non-hydrogen) atoms. The highest BCUT2D eigenvalue weighted by Gasteiger charge is 2.26. The zero-order valence-corrected chi connectivity index (χ0v) is 15.1. The SMILES string of the molecule is COc1ccccc1C(CNC(=O)c1sccc1C)N1CCCC1. The molecule has 1 amide bonds. The molecule has 0 saturated carbocycles. The standard InChI is InChI=1S/C19H24N2O2S/c1-14-9-12-24-18(14)19(22)20-13-16(21-10-5-6-11-21)15-7-3-4-8-17(15)23-2/h3-4,7-9,12,16H,5-6,10-11,13H2,1-2H3,(H,20,22). The molecule has 1 unspecified atom stereocenters. The molecule has 1 aliphatic rings. The van der Waals surface area contributed by atoms with Gasteiger partial charge in [-0.15, -0.1) is 11.3 Å². The highest BCUT2D eigenvalue weighted by atomic mass is 32.1. The van der Waals surface area contributed by atoms with E-state index in [0.29, 0.717) is 6.54 Å². The van der Waals surface area contributed by atoms with Crippen molar-refractivity contribution in [2.45, 2.75) is 25.8 Å². The molecule has 5 heteroatoms. The number of rotatable bonds is 6. The van der Waals surface area contributed by atoms with Crippen LogP contribution < -0.4 is 10.1 Å². The molecule has 1 saturated heterocycles. The van der Waals surface area contributed by atoms with Gasteiger partial charge in [-0.25, -0.2) is 0 Å². The molecule has 1 aromatic heterocycles. The number of ether oxygens (including phenoxy) is 1. The van der Waals surface area contributed by atoms with Crippen LogP contribution >= 0.6 is 11.3 Å². The van der Waals surface area contributed by atoms with Crippen molar-refractivity contribution in [1.29, 1.82) is 0 Å². The van der Waals surface area contributed by atoms with Crippen molar-refractivity contribution in [1.82, 2.24) is 10.2 Å². The minimum Gasteiger partial charge on any atom is -0.496 e. The van der Waals surface area contributed by atoms with Crippen LogP contribution in [0.15, 0.2) is 35.7 Å². The first-order valence-corrected chi connectivity index (χ1v) is 9.28. The first-order valence-electron chi connectivity index (χ1n) is 8.40. The summed E-state index contributed by atoms with van der Waals surface area (Å²) >= 11 is 1.49. The Hall–Kier alpha value is -1.85. The monoisotopic (exact) mass is 344 g/mol. The molecule has 1 fully saturated rings. The normalized spacial score (nSPS) is 16.1.